The molecule has 0 fully saturated rings. The lowest BCUT2D eigenvalue weighted by molar-refractivity contribution is -0.154. The minimum Gasteiger partial charge on any atom is -0.464 e. The highest BCUT2D eigenvalue weighted by Crippen LogP contribution is 2.25. The number of aliphatic hydroxyl groups excluding tert-OH is 1. The van der Waals surface area contributed by atoms with E-state index in [4.69, 9.17) is 9.47 Å². The number of nitrogens with zero attached hydrogens (tertiary/aromatic N) is 1. The summed E-state index contributed by atoms with van der Waals surface area (Å²) in [6.45, 7) is 3.71. The molecule has 35 heavy (non-hydrogen) atoms. The first-order valence-electron chi connectivity index (χ1n) is 11.4. The number of aromatic nitrogens is 1. The largest absolute Gasteiger partial charge is 0.464 e. The van der Waals surface area contributed by atoms with Gasteiger partial charge in [0.05, 0.1) is 24.8 Å². The summed E-state index contributed by atoms with van der Waals surface area (Å²) >= 11 is 0. The van der Waals surface area contributed by atoms with E-state index in [1.165, 1.54) is 6.20 Å². The maximum atomic E-state index is 13.1. The van der Waals surface area contributed by atoms with Crippen LogP contribution in [-0.4, -0.2) is 53.3 Å². The lowest BCUT2D eigenvalue weighted by Gasteiger charge is -2.23. The van der Waals surface area contributed by atoms with Gasteiger partial charge in [-0.05, 0) is 55.2 Å². The minimum atomic E-state index is -1.56. The van der Waals surface area contributed by atoms with Crippen molar-refractivity contribution in [2.24, 2.45) is 0 Å². The highest BCUT2D eigenvalue weighted by molar-refractivity contribution is 5.99. The fourth-order valence-corrected chi connectivity index (χ4v) is 3.59. The van der Waals surface area contributed by atoms with Gasteiger partial charge in [-0.2, -0.15) is 0 Å². The molecule has 182 valence electrons. The van der Waals surface area contributed by atoms with E-state index >= 15 is 0 Å². The molecule has 2 unspecified atom stereocenters. The summed E-state index contributed by atoms with van der Waals surface area (Å²) < 4.78 is 10.1. The smallest absolute Gasteiger partial charge is 0.338 e. The molecule has 8 heteroatoms. The van der Waals surface area contributed by atoms with E-state index in [9.17, 15) is 19.5 Å². The molecule has 0 aliphatic heterocycles. The number of carbonyl (C=O) groups is 3. The van der Waals surface area contributed by atoms with Crippen LogP contribution in [0.25, 0.3) is 11.1 Å². The van der Waals surface area contributed by atoms with Crippen LogP contribution in [0.15, 0.2) is 72.9 Å². The minimum absolute atomic E-state index is 0.0651. The van der Waals surface area contributed by atoms with Gasteiger partial charge in [-0.15, -0.1) is 0 Å². The maximum absolute atomic E-state index is 13.1. The zero-order chi connectivity index (χ0) is 25.2. The first kappa shape index (κ1) is 25.6. The van der Waals surface area contributed by atoms with Gasteiger partial charge in [0.25, 0.3) is 5.91 Å². The van der Waals surface area contributed by atoms with Crippen molar-refractivity contribution in [2.45, 2.75) is 32.4 Å². The van der Waals surface area contributed by atoms with Crippen LogP contribution in [0.3, 0.4) is 0 Å². The third kappa shape index (κ3) is 6.74. The number of pyridine rings is 1. The van der Waals surface area contributed by atoms with Crippen LogP contribution in [0.5, 0.6) is 0 Å². The molecule has 2 N–H and O–H groups in total. The normalized spacial score (nSPS) is 12.3. The number of esters is 2. The second-order valence-corrected chi connectivity index (χ2v) is 7.66. The monoisotopic (exact) mass is 476 g/mol. The van der Waals surface area contributed by atoms with E-state index in [0.29, 0.717) is 16.7 Å². The van der Waals surface area contributed by atoms with Crippen LogP contribution in [0.4, 0.5) is 0 Å². The van der Waals surface area contributed by atoms with Crippen molar-refractivity contribution in [1.82, 2.24) is 10.3 Å². The SMILES string of the molecule is CCOC(=O)c1ccccc1-c1ccnc(C(=O)NC(Cc2ccccc2)C(O)C(=O)OCC)c1. The number of aliphatic hydroxyl groups is 1. The number of hydrogen-bond donors (Lipinski definition) is 2. The van der Waals surface area contributed by atoms with E-state index in [-0.39, 0.29) is 25.3 Å². The van der Waals surface area contributed by atoms with Crippen molar-refractivity contribution in [2.75, 3.05) is 13.2 Å². The molecule has 2 aromatic carbocycles. The fourth-order valence-electron chi connectivity index (χ4n) is 3.59. The van der Waals surface area contributed by atoms with Gasteiger partial charge in [0.15, 0.2) is 6.10 Å². The molecule has 1 aromatic heterocycles. The Hall–Kier alpha value is -4.04. The van der Waals surface area contributed by atoms with Gasteiger partial charge in [0, 0.05) is 6.20 Å². The van der Waals surface area contributed by atoms with E-state index in [0.717, 1.165) is 5.56 Å². The molecular formula is C27H28N2O6. The lowest BCUT2D eigenvalue weighted by Crippen LogP contribution is -2.49. The van der Waals surface area contributed by atoms with Gasteiger partial charge in [-0.3, -0.25) is 9.78 Å². The van der Waals surface area contributed by atoms with E-state index in [2.05, 4.69) is 10.3 Å². The van der Waals surface area contributed by atoms with Crippen molar-refractivity contribution in [3.63, 3.8) is 0 Å². The van der Waals surface area contributed by atoms with Crippen molar-refractivity contribution in [3.05, 3.63) is 89.7 Å². The summed E-state index contributed by atoms with van der Waals surface area (Å²) in [5, 5.41) is 13.3. The zero-order valence-corrected chi connectivity index (χ0v) is 19.6. The van der Waals surface area contributed by atoms with Gasteiger partial charge < -0.3 is 19.9 Å². The quantitative estimate of drug-likeness (QED) is 0.432. The van der Waals surface area contributed by atoms with Gasteiger partial charge in [0.1, 0.15) is 5.69 Å². The molecule has 0 spiro atoms. The van der Waals surface area contributed by atoms with E-state index < -0.39 is 30.0 Å². The Balaban J connectivity index is 1.87. The summed E-state index contributed by atoms with van der Waals surface area (Å²) in [6.07, 6.45) is 0.102. The first-order chi connectivity index (χ1) is 16.9. The summed E-state index contributed by atoms with van der Waals surface area (Å²) in [4.78, 5) is 41.8. The standard InChI is InChI=1S/C27H28N2O6/c1-3-34-26(32)21-13-9-8-12-20(21)19-14-15-28-23(17-19)25(31)29-22(24(30)27(33)35-4-2)16-18-10-6-5-7-11-18/h5-15,17,22,24,30H,3-4,16H2,1-2H3,(H,29,31). The van der Waals surface area contributed by atoms with Crippen LogP contribution in [0, 0.1) is 0 Å². The molecule has 1 heterocycles. The zero-order valence-electron chi connectivity index (χ0n) is 19.6. The Labute approximate surface area is 203 Å². The summed E-state index contributed by atoms with van der Waals surface area (Å²) in [7, 11) is 0. The Morgan fingerprint density at radius 3 is 2.34 bits per heavy atom. The van der Waals surface area contributed by atoms with E-state index in [1.807, 2.05) is 30.3 Å². The van der Waals surface area contributed by atoms with Crippen LogP contribution in [0.1, 0.15) is 40.3 Å². The number of nitrogens with one attached hydrogen (secondary N) is 1. The molecule has 0 aliphatic rings. The molecule has 0 radical (unpaired) electrons. The molecular weight excluding hydrogens is 448 g/mol. The predicted octanol–water partition coefficient (Wildman–Crippen LogP) is 3.19. The molecule has 2 atom stereocenters. The van der Waals surface area contributed by atoms with Crippen LogP contribution >= 0.6 is 0 Å². The molecule has 0 aliphatic carbocycles. The third-order valence-electron chi connectivity index (χ3n) is 5.25. The van der Waals surface area contributed by atoms with Crippen molar-refractivity contribution in [3.8, 4) is 11.1 Å². The van der Waals surface area contributed by atoms with Gasteiger partial charge in [-0.1, -0.05) is 48.5 Å². The lowest BCUT2D eigenvalue weighted by atomic mass is 9.99. The van der Waals surface area contributed by atoms with E-state index in [1.54, 1.807) is 50.2 Å². The number of amides is 1. The molecule has 0 bridgehead atoms. The van der Waals surface area contributed by atoms with Crippen LogP contribution in [-0.2, 0) is 20.7 Å². The van der Waals surface area contributed by atoms with Crippen molar-refractivity contribution in [1.29, 1.82) is 0 Å². The molecule has 8 nitrogen and oxygen atoms in total. The summed E-state index contributed by atoms with van der Waals surface area (Å²) in [6, 6.07) is 18.4. The average Bonchev–Trinajstić information content (AvgIpc) is 2.88. The first-order valence-corrected chi connectivity index (χ1v) is 11.4. The number of carbonyl (C=O) groups excluding carboxylic acids is 3. The second kappa shape index (κ2) is 12.4. The third-order valence-corrected chi connectivity index (χ3v) is 5.25. The summed E-state index contributed by atoms with van der Waals surface area (Å²) in [5.74, 6) is -1.87. The molecule has 3 rings (SSSR count). The number of ether oxygens (including phenoxy) is 2. The van der Waals surface area contributed by atoms with Gasteiger partial charge >= 0.3 is 11.9 Å². The Kier molecular flexibility index (Phi) is 9.09. The molecule has 3 aromatic rings. The second-order valence-electron chi connectivity index (χ2n) is 7.66. The predicted molar refractivity (Wildman–Crippen MR) is 130 cm³/mol. The highest BCUT2D eigenvalue weighted by atomic mass is 16.5. The average molecular weight is 477 g/mol. The number of hydrogen-bond acceptors (Lipinski definition) is 7. The number of rotatable bonds is 10. The van der Waals surface area contributed by atoms with Crippen LogP contribution in [0.2, 0.25) is 0 Å². The Morgan fingerprint density at radius 2 is 1.63 bits per heavy atom. The Morgan fingerprint density at radius 1 is 0.943 bits per heavy atom. The number of benzene rings is 2. The maximum Gasteiger partial charge on any atom is 0.338 e. The van der Waals surface area contributed by atoms with Crippen LogP contribution < -0.4 is 5.32 Å². The molecule has 0 saturated heterocycles. The summed E-state index contributed by atoms with van der Waals surface area (Å²) in [5.41, 5.74) is 2.45. The Bertz CT molecular complexity index is 1170. The highest BCUT2D eigenvalue weighted by Gasteiger charge is 2.30. The van der Waals surface area contributed by atoms with Gasteiger partial charge in [-0.25, -0.2) is 9.59 Å². The molecule has 1 amide bonds. The van der Waals surface area contributed by atoms with Crippen molar-refractivity contribution < 1.29 is 29.0 Å². The van der Waals surface area contributed by atoms with Crippen molar-refractivity contribution >= 4 is 17.8 Å². The topological polar surface area (TPSA) is 115 Å². The molecule has 0 saturated carbocycles. The fraction of sp³-hybridized carbons (Fsp3) is 0.259. The van der Waals surface area contributed by atoms with Gasteiger partial charge in [0.2, 0.25) is 0 Å².